The number of carbonyl (C=O) groups is 2. The Labute approximate surface area is 103 Å². The third-order valence-corrected chi connectivity index (χ3v) is 1.82. The number of unbranched alkanes of at least 4 members (excludes halogenated alkanes) is 2. The van der Waals surface area contributed by atoms with Crippen LogP contribution < -0.4 is 5.32 Å². The van der Waals surface area contributed by atoms with Gasteiger partial charge in [-0.05, 0) is 40.0 Å². The molecule has 17 heavy (non-hydrogen) atoms. The van der Waals surface area contributed by atoms with Gasteiger partial charge in [0.1, 0.15) is 18.5 Å². The third kappa shape index (κ3) is 12.8. The molecule has 0 aromatic carbocycles. The first-order valence-electron chi connectivity index (χ1n) is 5.94. The monoisotopic (exact) mass is 245 g/mol. The Hall–Kier alpha value is -1.10. The van der Waals surface area contributed by atoms with Gasteiger partial charge in [0.2, 0.25) is 0 Å². The summed E-state index contributed by atoms with van der Waals surface area (Å²) in [4.78, 5) is 21.2. The minimum absolute atomic E-state index is 0.163. The highest BCUT2D eigenvalue weighted by Gasteiger charge is 2.15. The van der Waals surface area contributed by atoms with E-state index in [0.29, 0.717) is 13.2 Å². The van der Waals surface area contributed by atoms with E-state index in [1.807, 2.05) is 20.8 Å². The predicted octanol–water partition coefficient (Wildman–Crippen LogP) is 1.90. The van der Waals surface area contributed by atoms with E-state index in [4.69, 9.17) is 9.47 Å². The summed E-state index contributed by atoms with van der Waals surface area (Å²) in [7, 11) is 0. The molecule has 0 atom stereocenters. The third-order valence-electron chi connectivity index (χ3n) is 1.82. The number of carbonyl (C=O) groups excluding carboxylic acids is 2. The molecule has 100 valence electrons. The lowest BCUT2D eigenvalue weighted by atomic mass is 10.2. The van der Waals surface area contributed by atoms with Crippen molar-refractivity contribution in [3.63, 3.8) is 0 Å². The summed E-state index contributed by atoms with van der Waals surface area (Å²) in [6.45, 7) is 6.84. The highest BCUT2D eigenvalue weighted by atomic mass is 16.6. The molecule has 5 nitrogen and oxygen atoms in total. The number of alkyl carbamates (subject to hydrolysis) is 1. The molecule has 0 aliphatic carbocycles. The van der Waals surface area contributed by atoms with Gasteiger partial charge >= 0.3 is 6.09 Å². The summed E-state index contributed by atoms with van der Waals surface area (Å²) in [5, 5.41) is 2.68. The predicted molar refractivity (Wildman–Crippen MR) is 65.0 cm³/mol. The second kappa shape index (κ2) is 8.98. The van der Waals surface area contributed by atoms with Gasteiger partial charge in [0, 0.05) is 13.2 Å². The van der Waals surface area contributed by atoms with E-state index in [9.17, 15) is 9.59 Å². The first-order valence-corrected chi connectivity index (χ1v) is 5.94. The van der Waals surface area contributed by atoms with Crippen LogP contribution in [0, 0.1) is 0 Å². The average Bonchev–Trinajstić information content (AvgIpc) is 2.19. The van der Waals surface area contributed by atoms with E-state index in [0.717, 1.165) is 25.5 Å². The van der Waals surface area contributed by atoms with E-state index in [1.54, 1.807) is 0 Å². The molecule has 0 aromatic heterocycles. The van der Waals surface area contributed by atoms with E-state index in [1.165, 1.54) is 0 Å². The summed E-state index contributed by atoms with van der Waals surface area (Å²) in [6.07, 6.45) is 3.08. The van der Waals surface area contributed by atoms with Gasteiger partial charge in [0.15, 0.2) is 0 Å². The SMILES string of the molecule is CC(C)(C)OC(=O)NCCCCCOCC=O. The smallest absolute Gasteiger partial charge is 0.407 e. The molecule has 0 unspecified atom stereocenters. The van der Waals surface area contributed by atoms with E-state index >= 15 is 0 Å². The van der Waals surface area contributed by atoms with Crippen molar-refractivity contribution < 1.29 is 19.1 Å². The first kappa shape index (κ1) is 15.9. The van der Waals surface area contributed by atoms with Crippen molar-refractivity contribution in [2.24, 2.45) is 0 Å². The Morgan fingerprint density at radius 3 is 2.53 bits per heavy atom. The number of ether oxygens (including phenoxy) is 2. The van der Waals surface area contributed by atoms with Gasteiger partial charge in [0.25, 0.3) is 0 Å². The molecule has 1 amide bonds. The van der Waals surface area contributed by atoms with Crippen LogP contribution in [0.3, 0.4) is 0 Å². The fourth-order valence-corrected chi connectivity index (χ4v) is 1.14. The van der Waals surface area contributed by atoms with Gasteiger partial charge in [-0.2, -0.15) is 0 Å². The molecule has 0 saturated carbocycles. The van der Waals surface area contributed by atoms with Crippen LogP contribution in [-0.2, 0) is 14.3 Å². The van der Waals surface area contributed by atoms with Gasteiger partial charge in [0.05, 0.1) is 0 Å². The second-order valence-corrected chi connectivity index (χ2v) is 4.73. The van der Waals surface area contributed by atoms with Gasteiger partial charge in [-0.15, -0.1) is 0 Å². The van der Waals surface area contributed by atoms with Crippen molar-refractivity contribution in [1.82, 2.24) is 5.32 Å². The van der Waals surface area contributed by atoms with Crippen LogP contribution in [0.4, 0.5) is 4.79 Å². The average molecular weight is 245 g/mol. The topological polar surface area (TPSA) is 64.6 Å². The van der Waals surface area contributed by atoms with E-state index in [-0.39, 0.29) is 12.7 Å². The van der Waals surface area contributed by atoms with Crippen molar-refractivity contribution in [3.05, 3.63) is 0 Å². The molecular formula is C12H23NO4. The van der Waals surface area contributed by atoms with E-state index < -0.39 is 5.60 Å². The number of nitrogens with one attached hydrogen (secondary N) is 1. The maximum absolute atomic E-state index is 11.2. The molecule has 0 bridgehead atoms. The molecule has 0 aliphatic rings. The Morgan fingerprint density at radius 2 is 1.94 bits per heavy atom. The summed E-state index contributed by atoms with van der Waals surface area (Å²) in [6, 6.07) is 0. The van der Waals surface area contributed by atoms with Crippen molar-refractivity contribution in [2.45, 2.75) is 45.6 Å². The quantitative estimate of drug-likeness (QED) is 0.524. The standard InChI is InChI=1S/C12H23NO4/c1-12(2,3)17-11(15)13-7-5-4-6-9-16-10-8-14/h8H,4-7,9-10H2,1-3H3,(H,13,15). The zero-order chi connectivity index (χ0) is 13.1. The van der Waals surface area contributed by atoms with Crippen LogP contribution in [0.15, 0.2) is 0 Å². The lowest BCUT2D eigenvalue weighted by Crippen LogP contribution is -2.33. The Balaban J connectivity index is 3.28. The maximum Gasteiger partial charge on any atom is 0.407 e. The zero-order valence-electron chi connectivity index (χ0n) is 11.0. The highest BCUT2D eigenvalue weighted by molar-refractivity contribution is 5.67. The molecule has 0 heterocycles. The Morgan fingerprint density at radius 1 is 1.24 bits per heavy atom. The number of amides is 1. The number of rotatable bonds is 8. The normalized spacial score (nSPS) is 11.0. The highest BCUT2D eigenvalue weighted by Crippen LogP contribution is 2.06. The van der Waals surface area contributed by atoms with Crippen LogP contribution >= 0.6 is 0 Å². The van der Waals surface area contributed by atoms with Gasteiger partial charge < -0.3 is 19.6 Å². The van der Waals surface area contributed by atoms with Crippen molar-refractivity contribution in [1.29, 1.82) is 0 Å². The molecule has 0 rings (SSSR count). The fraction of sp³-hybridized carbons (Fsp3) is 0.833. The molecule has 1 N–H and O–H groups in total. The summed E-state index contributed by atoms with van der Waals surface area (Å²) >= 11 is 0. The fourth-order valence-electron chi connectivity index (χ4n) is 1.14. The molecule has 0 saturated heterocycles. The number of aldehydes is 1. The molecular weight excluding hydrogens is 222 g/mol. The Kier molecular flexibility index (Phi) is 8.40. The second-order valence-electron chi connectivity index (χ2n) is 4.73. The Bertz CT molecular complexity index is 223. The largest absolute Gasteiger partial charge is 0.444 e. The molecule has 0 aliphatic heterocycles. The van der Waals surface area contributed by atoms with Crippen LogP contribution in [-0.4, -0.2) is 37.7 Å². The first-order chi connectivity index (χ1) is 7.95. The lowest BCUT2D eigenvalue weighted by Gasteiger charge is -2.19. The van der Waals surface area contributed by atoms with Crippen LogP contribution in [0.5, 0.6) is 0 Å². The number of hydrogen-bond acceptors (Lipinski definition) is 4. The summed E-state index contributed by atoms with van der Waals surface area (Å²) < 4.78 is 10.1. The molecule has 0 fully saturated rings. The molecule has 5 heteroatoms. The summed E-state index contributed by atoms with van der Waals surface area (Å²) in [5.74, 6) is 0. The minimum atomic E-state index is -0.452. The van der Waals surface area contributed by atoms with Crippen LogP contribution in [0.1, 0.15) is 40.0 Å². The van der Waals surface area contributed by atoms with Gasteiger partial charge in [-0.1, -0.05) is 0 Å². The minimum Gasteiger partial charge on any atom is -0.444 e. The van der Waals surface area contributed by atoms with Crippen molar-refractivity contribution in [2.75, 3.05) is 19.8 Å². The molecule has 0 aromatic rings. The molecule has 0 radical (unpaired) electrons. The summed E-state index contributed by atoms with van der Waals surface area (Å²) in [5.41, 5.74) is -0.452. The van der Waals surface area contributed by atoms with Crippen LogP contribution in [0.2, 0.25) is 0 Å². The van der Waals surface area contributed by atoms with Gasteiger partial charge in [-0.3, -0.25) is 0 Å². The molecule has 0 spiro atoms. The van der Waals surface area contributed by atoms with Crippen molar-refractivity contribution >= 4 is 12.4 Å². The maximum atomic E-state index is 11.2. The van der Waals surface area contributed by atoms with Crippen LogP contribution in [0.25, 0.3) is 0 Å². The zero-order valence-corrected chi connectivity index (χ0v) is 11.0. The van der Waals surface area contributed by atoms with Gasteiger partial charge in [-0.25, -0.2) is 4.79 Å². The van der Waals surface area contributed by atoms with Crippen molar-refractivity contribution in [3.8, 4) is 0 Å². The lowest BCUT2D eigenvalue weighted by molar-refractivity contribution is -0.111. The number of hydrogen-bond donors (Lipinski definition) is 1. The van der Waals surface area contributed by atoms with E-state index in [2.05, 4.69) is 5.32 Å².